The lowest BCUT2D eigenvalue weighted by molar-refractivity contribution is -0.136. The summed E-state index contributed by atoms with van der Waals surface area (Å²) in [7, 11) is 0. The molecule has 0 spiro atoms. The maximum absolute atomic E-state index is 9.37. The molecule has 54 valence electrons. The second kappa shape index (κ2) is 10.2. The first-order valence-corrected chi connectivity index (χ1v) is 2.62. The molecule has 2 N–H and O–H groups in total. The van der Waals surface area contributed by atoms with Gasteiger partial charge in [-0.3, -0.25) is 4.79 Å². The van der Waals surface area contributed by atoms with E-state index in [0.717, 1.165) is 0 Å². The molecule has 0 aliphatic carbocycles. The van der Waals surface area contributed by atoms with E-state index < -0.39 is 5.97 Å². The van der Waals surface area contributed by atoms with Crippen molar-refractivity contribution in [1.82, 2.24) is 0 Å². The van der Waals surface area contributed by atoms with Crippen LogP contribution in [0.1, 0.15) is 13.3 Å². The van der Waals surface area contributed by atoms with Crippen LogP contribution in [0, 0.1) is 0 Å². The summed E-state index contributed by atoms with van der Waals surface area (Å²) in [5.41, 5.74) is 0. The number of carboxylic acid groups (broad SMARTS) is 1. The molecule has 0 bridgehead atoms. The molecular formula is C6H12O3. The van der Waals surface area contributed by atoms with Crippen LogP contribution in [0.15, 0.2) is 12.7 Å². The Labute approximate surface area is 54.6 Å². The smallest absolute Gasteiger partial charge is 0.303 e. The van der Waals surface area contributed by atoms with Crippen LogP contribution in [0.5, 0.6) is 0 Å². The normalized spacial score (nSPS) is 6.89. The number of carbonyl (C=O) groups is 1. The number of carboxylic acids is 1. The predicted molar refractivity (Wildman–Crippen MR) is 35.2 cm³/mol. The third kappa shape index (κ3) is 40.7. The third-order valence-electron chi connectivity index (χ3n) is 0.432. The summed E-state index contributed by atoms with van der Waals surface area (Å²) in [4.78, 5) is 9.37. The minimum Gasteiger partial charge on any atom is -0.481 e. The van der Waals surface area contributed by atoms with E-state index >= 15 is 0 Å². The topological polar surface area (TPSA) is 57.5 Å². The SMILES string of the molecule is C=CCO.CCC(=O)O. The zero-order chi connectivity index (χ0) is 7.70. The van der Waals surface area contributed by atoms with E-state index in [2.05, 4.69) is 6.58 Å². The molecule has 0 aliphatic rings. The highest BCUT2D eigenvalue weighted by molar-refractivity contribution is 5.66. The number of aliphatic hydroxyl groups is 1. The van der Waals surface area contributed by atoms with Gasteiger partial charge in [0.1, 0.15) is 0 Å². The molecule has 3 heteroatoms. The first kappa shape index (κ1) is 11.0. The Kier molecular flexibility index (Phi) is 12.5. The summed E-state index contributed by atoms with van der Waals surface area (Å²) in [5, 5.41) is 15.5. The molecule has 0 aromatic carbocycles. The molecule has 0 heterocycles. The number of hydrogen-bond donors (Lipinski definition) is 2. The first-order valence-electron chi connectivity index (χ1n) is 2.62. The van der Waals surface area contributed by atoms with E-state index in [9.17, 15) is 4.79 Å². The van der Waals surface area contributed by atoms with Crippen LogP contribution in [0.4, 0.5) is 0 Å². The van der Waals surface area contributed by atoms with Crippen molar-refractivity contribution in [2.75, 3.05) is 6.61 Å². The van der Waals surface area contributed by atoms with E-state index in [-0.39, 0.29) is 13.0 Å². The number of hydrogen-bond acceptors (Lipinski definition) is 2. The molecule has 3 nitrogen and oxygen atoms in total. The molecule has 0 rings (SSSR count). The molecule has 0 unspecified atom stereocenters. The highest BCUT2D eigenvalue weighted by Crippen LogP contribution is 1.67. The lowest BCUT2D eigenvalue weighted by atomic mass is 10.5. The summed E-state index contributed by atoms with van der Waals surface area (Å²) in [6.45, 7) is 4.91. The largest absolute Gasteiger partial charge is 0.481 e. The van der Waals surface area contributed by atoms with Gasteiger partial charge in [-0.15, -0.1) is 6.58 Å². The van der Waals surface area contributed by atoms with Gasteiger partial charge >= 0.3 is 5.97 Å². The Bertz CT molecular complexity index is 78.4. The van der Waals surface area contributed by atoms with Crippen molar-refractivity contribution >= 4 is 5.97 Å². The van der Waals surface area contributed by atoms with Gasteiger partial charge in [-0.05, 0) is 0 Å². The van der Waals surface area contributed by atoms with Gasteiger partial charge in [-0.25, -0.2) is 0 Å². The van der Waals surface area contributed by atoms with E-state index in [4.69, 9.17) is 10.2 Å². The van der Waals surface area contributed by atoms with Crippen LogP contribution in [0.25, 0.3) is 0 Å². The van der Waals surface area contributed by atoms with Crippen molar-refractivity contribution in [2.24, 2.45) is 0 Å². The summed E-state index contributed by atoms with van der Waals surface area (Å²) >= 11 is 0. The van der Waals surface area contributed by atoms with Crippen molar-refractivity contribution in [3.05, 3.63) is 12.7 Å². The maximum Gasteiger partial charge on any atom is 0.303 e. The average molecular weight is 132 g/mol. The first-order chi connectivity index (χ1) is 4.18. The van der Waals surface area contributed by atoms with Crippen molar-refractivity contribution in [1.29, 1.82) is 0 Å². The highest BCUT2D eigenvalue weighted by atomic mass is 16.4. The molecular weight excluding hydrogens is 120 g/mol. The van der Waals surface area contributed by atoms with E-state index in [1.54, 1.807) is 6.92 Å². The Morgan fingerprint density at radius 3 is 2.00 bits per heavy atom. The van der Waals surface area contributed by atoms with Crippen molar-refractivity contribution in [3.63, 3.8) is 0 Å². The number of aliphatic hydroxyl groups excluding tert-OH is 1. The van der Waals surface area contributed by atoms with E-state index in [1.807, 2.05) is 0 Å². The quantitative estimate of drug-likeness (QED) is 0.542. The second-order valence-electron chi connectivity index (χ2n) is 1.22. The van der Waals surface area contributed by atoms with Crippen molar-refractivity contribution in [3.8, 4) is 0 Å². The van der Waals surface area contributed by atoms with Gasteiger partial charge in [0.2, 0.25) is 0 Å². The summed E-state index contributed by atoms with van der Waals surface area (Å²) in [5.74, 6) is -0.745. The van der Waals surface area contributed by atoms with Gasteiger partial charge in [0.15, 0.2) is 0 Å². The van der Waals surface area contributed by atoms with Crippen molar-refractivity contribution < 1.29 is 15.0 Å². The van der Waals surface area contributed by atoms with Gasteiger partial charge in [0.05, 0.1) is 6.61 Å². The predicted octanol–water partition coefficient (Wildman–Crippen LogP) is 0.646. The van der Waals surface area contributed by atoms with Gasteiger partial charge in [-0.1, -0.05) is 13.0 Å². The Morgan fingerprint density at radius 2 is 2.00 bits per heavy atom. The minimum atomic E-state index is -0.745. The zero-order valence-corrected chi connectivity index (χ0v) is 5.50. The van der Waals surface area contributed by atoms with Crippen LogP contribution in [0.3, 0.4) is 0 Å². The summed E-state index contributed by atoms with van der Waals surface area (Å²) in [6, 6.07) is 0. The maximum atomic E-state index is 9.37. The zero-order valence-electron chi connectivity index (χ0n) is 5.50. The van der Waals surface area contributed by atoms with Crippen LogP contribution < -0.4 is 0 Å². The minimum absolute atomic E-state index is 0.0833. The van der Waals surface area contributed by atoms with Gasteiger partial charge < -0.3 is 10.2 Å². The van der Waals surface area contributed by atoms with Crippen LogP contribution in [-0.4, -0.2) is 22.8 Å². The number of rotatable bonds is 2. The second-order valence-corrected chi connectivity index (χ2v) is 1.22. The fraction of sp³-hybridized carbons (Fsp3) is 0.500. The van der Waals surface area contributed by atoms with Crippen LogP contribution in [0.2, 0.25) is 0 Å². The molecule has 0 aliphatic heterocycles. The lowest BCUT2D eigenvalue weighted by Gasteiger charge is -1.71. The highest BCUT2D eigenvalue weighted by Gasteiger charge is 1.80. The molecule has 9 heavy (non-hydrogen) atoms. The number of aliphatic carboxylic acids is 1. The van der Waals surface area contributed by atoms with Crippen LogP contribution in [-0.2, 0) is 4.79 Å². The van der Waals surface area contributed by atoms with Gasteiger partial charge in [-0.2, -0.15) is 0 Å². The molecule has 0 aromatic rings. The molecule has 0 fully saturated rings. The van der Waals surface area contributed by atoms with Crippen LogP contribution >= 0.6 is 0 Å². The molecule has 0 radical (unpaired) electrons. The molecule has 0 saturated carbocycles. The molecule has 0 atom stereocenters. The van der Waals surface area contributed by atoms with Gasteiger partial charge in [0.25, 0.3) is 0 Å². The Hall–Kier alpha value is -0.830. The standard InChI is InChI=1S/C3H6O2.C3H6O/c1-2-3(4)5;1-2-3-4/h2H2,1H3,(H,4,5);2,4H,1,3H2. The lowest BCUT2D eigenvalue weighted by Crippen LogP contribution is -1.86. The van der Waals surface area contributed by atoms with E-state index in [0.29, 0.717) is 0 Å². The molecule has 0 saturated heterocycles. The Balaban J connectivity index is 0. The average Bonchev–Trinajstić information content (AvgIpc) is 1.89. The summed E-state index contributed by atoms with van der Waals surface area (Å²) in [6.07, 6.45) is 1.65. The Morgan fingerprint density at radius 1 is 1.78 bits per heavy atom. The van der Waals surface area contributed by atoms with Crippen molar-refractivity contribution in [2.45, 2.75) is 13.3 Å². The molecule has 0 amide bonds. The van der Waals surface area contributed by atoms with Gasteiger partial charge in [0, 0.05) is 6.42 Å². The fourth-order valence-electron chi connectivity index (χ4n) is 0. The van der Waals surface area contributed by atoms with E-state index in [1.165, 1.54) is 6.08 Å². The monoisotopic (exact) mass is 132 g/mol. The third-order valence-corrected chi connectivity index (χ3v) is 0.432. The summed E-state index contributed by atoms with van der Waals surface area (Å²) < 4.78 is 0. The molecule has 0 aromatic heterocycles. The fourth-order valence-corrected chi connectivity index (χ4v) is 0.